The Kier molecular flexibility index (Phi) is 6.36. The van der Waals surface area contributed by atoms with Crippen molar-refractivity contribution in [2.24, 2.45) is 0 Å². The Bertz CT molecular complexity index is 703. The monoisotopic (exact) mass is 348 g/mol. The van der Waals surface area contributed by atoms with Gasteiger partial charge in [0.2, 0.25) is 0 Å². The normalized spacial score (nSPS) is 11.9. The molecule has 7 nitrogen and oxygen atoms in total. The first kappa shape index (κ1) is 18.0. The summed E-state index contributed by atoms with van der Waals surface area (Å²) in [7, 11) is 0. The van der Waals surface area contributed by atoms with E-state index in [9.17, 15) is 14.7 Å². The van der Waals surface area contributed by atoms with Gasteiger partial charge in [-0.2, -0.15) is 16.9 Å². The van der Waals surface area contributed by atoms with Gasteiger partial charge in [0.25, 0.3) is 5.91 Å². The first-order valence-electron chi connectivity index (χ1n) is 7.62. The predicted molar refractivity (Wildman–Crippen MR) is 92.6 cm³/mol. The number of rotatable bonds is 8. The molecule has 0 aliphatic heterocycles. The summed E-state index contributed by atoms with van der Waals surface area (Å²) in [5.41, 5.74) is 0.952. The third-order valence-corrected chi connectivity index (χ3v) is 4.41. The van der Waals surface area contributed by atoms with Crippen LogP contribution in [0.1, 0.15) is 29.4 Å². The van der Waals surface area contributed by atoms with Crippen molar-refractivity contribution < 1.29 is 14.7 Å². The van der Waals surface area contributed by atoms with Gasteiger partial charge < -0.3 is 10.4 Å². The van der Waals surface area contributed by atoms with Gasteiger partial charge in [-0.25, -0.2) is 14.5 Å². The minimum absolute atomic E-state index is 0.343. The van der Waals surface area contributed by atoms with Gasteiger partial charge in [0.15, 0.2) is 5.82 Å². The highest BCUT2D eigenvalue weighted by Gasteiger charge is 2.23. The summed E-state index contributed by atoms with van der Waals surface area (Å²) in [5.74, 6) is 0.720. The Hall–Kier alpha value is -2.35. The van der Waals surface area contributed by atoms with Crippen molar-refractivity contribution in [2.45, 2.75) is 26.3 Å². The molecule has 2 aromatic heterocycles. The third kappa shape index (κ3) is 4.35. The van der Waals surface area contributed by atoms with Crippen molar-refractivity contribution in [3.63, 3.8) is 0 Å². The van der Waals surface area contributed by atoms with Crippen LogP contribution in [0.5, 0.6) is 0 Å². The number of hydrogen-bond donors (Lipinski definition) is 2. The number of amides is 1. The van der Waals surface area contributed by atoms with Crippen molar-refractivity contribution in [3.05, 3.63) is 41.9 Å². The Labute approximate surface area is 144 Å². The van der Waals surface area contributed by atoms with Crippen molar-refractivity contribution in [2.75, 3.05) is 11.5 Å². The van der Waals surface area contributed by atoms with Crippen LogP contribution in [0.2, 0.25) is 0 Å². The lowest BCUT2D eigenvalue weighted by Gasteiger charge is -2.14. The summed E-state index contributed by atoms with van der Waals surface area (Å²) in [5, 5.41) is 16.0. The molecule has 0 spiro atoms. The van der Waals surface area contributed by atoms with Gasteiger partial charge in [0, 0.05) is 6.20 Å². The molecule has 0 fully saturated rings. The van der Waals surface area contributed by atoms with Gasteiger partial charge >= 0.3 is 5.97 Å². The number of carbonyl (C=O) groups is 2. The van der Waals surface area contributed by atoms with Gasteiger partial charge in [-0.15, -0.1) is 0 Å². The molecule has 0 saturated carbocycles. The van der Waals surface area contributed by atoms with E-state index in [1.807, 2.05) is 13.0 Å². The molecule has 0 aromatic carbocycles. The van der Waals surface area contributed by atoms with Crippen LogP contribution in [0, 0.1) is 6.92 Å². The molecule has 2 N–H and O–H groups in total. The number of nitrogens with one attached hydrogen (secondary N) is 1. The van der Waals surface area contributed by atoms with Gasteiger partial charge in [0.05, 0.1) is 17.5 Å². The highest BCUT2D eigenvalue weighted by atomic mass is 32.2. The van der Waals surface area contributed by atoms with E-state index in [1.54, 1.807) is 41.7 Å². The Morgan fingerprint density at radius 3 is 2.83 bits per heavy atom. The number of aromatic nitrogens is 3. The molecule has 0 saturated heterocycles. The molecule has 2 heterocycles. The largest absolute Gasteiger partial charge is 0.480 e. The van der Waals surface area contributed by atoms with Crippen LogP contribution >= 0.6 is 11.8 Å². The zero-order valence-electron chi connectivity index (χ0n) is 13.6. The number of carboxylic acids is 1. The molecular weight excluding hydrogens is 328 g/mol. The van der Waals surface area contributed by atoms with E-state index < -0.39 is 17.9 Å². The fourth-order valence-electron chi connectivity index (χ4n) is 2.18. The summed E-state index contributed by atoms with van der Waals surface area (Å²) in [6.45, 7) is 3.76. The average molecular weight is 348 g/mol. The van der Waals surface area contributed by atoms with E-state index in [2.05, 4.69) is 15.4 Å². The van der Waals surface area contributed by atoms with Crippen molar-refractivity contribution in [1.82, 2.24) is 20.1 Å². The van der Waals surface area contributed by atoms with Crippen LogP contribution < -0.4 is 5.32 Å². The molecular formula is C16H20N4O3S. The maximum Gasteiger partial charge on any atom is 0.326 e. The number of thioether (sulfide) groups is 1. The van der Waals surface area contributed by atoms with Gasteiger partial charge in [0.1, 0.15) is 6.04 Å². The summed E-state index contributed by atoms with van der Waals surface area (Å²) < 4.78 is 1.55. The van der Waals surface area contributed by atoms with Crippen LogP contribution in [0.25, 0.3) is 5.82 Å². The smallest absolute Gasteiger partial charge is 0.326 e. The third-order valence-electron chi connectivity index (χ3n) is 3.48. The molecule has 1 unspecified atom stereocenters. The second-order valence-electron chi connectivity index (χ2n) is 5.09. The van der Waals surface area contributed by atoms with Gasteiger partial charge in [-0.3, -0.25) is 4.79 Å². The molecule has 0 aliphatic rings. The zero-order valence-corrected chi connectivity index (χ0v) is 14.4. The van der Waals surface area contributed by atoms with E-state index in [0.29, 0.717) is 29.2 Å². The number of pyridine rings is 1. The van der Waals surface area contributed by atoms with E-state index in [0.717, 1.165) is 5.75 Å². The second-order valence-corrected chi connectivity index (χ2v) is 6.49. The molecule has 2 aromatic rings. The average Bonchev–Trinajstić information content (AvgIpc) is 2.96. The van der Waals surface area contributed by atoms with E-state index >= 15 is 0 Å². The Morgan fingerprint density at radius 2 is 2.21 bits per heavy atom. The van der Waals surface area contributed by atoms with Crippen LogP contribution in [0.15, 0.2) is 30.6 Å². The standard InChI is InChI=1S/C16H20N4O3S/c1-3-24-9-7-13(16(22)23)19-15(21)12-10-18-20(11(12)2)14-6-4-5-8-17-14/h4-6,8,10,13H,3,7,9H2,1-2H3,(H,19,21)(H,22,23). The SMILES string of the molecule is CCSCCC(NC(=O)c1cnn(-c2ccccn2)c1C)C(=O)O. The van der Waals surface area contributed by atoms with Crippen LogP contribution in [-0.2, 0) is 4.79 Å². The first-order valence-corrected chi connectivity index (χ1v) is 8.77. The first-order chi connectivity index (χ1) is 11.5. The maximum atomic E-state index is 12.4. The molecule has 128 valence electrons. The summed E-state index contributed by atoms with van der Waals surface area (Å²) >= 11 is 1.64. The second kappa shape index (κ2) is 8.49. The van der Waals surface area contributed by atoms with Crippen LogP contribution in [0.3, 0.4) is 0 Å². The van der Waals surface area contributed by atoms with E-state index in [4.69, 9.17) is 0 Å². The lowest BCUT2D eigenvalue weighted by atomic mass is 10.2. The lowest BCUT2D eigenvalue weighted by Crippen LogP contribution is -2.41. The molecule has 24 heavy (non-hydrogen) atoms. The molecule has 0 radical (unpaired) electrons. The summed E-state index contributed by atoms with van der Waals surface area (Å²) in [6, 6.07) is 4.50. The minimum atomic E-state index is -1.03. The van der Waals surface area contributed by atoms with Crippen LogP contribution in [0.4, 0.5) is 0 Å². The molecule has 1 atom stereocenters. The number of aliphatic carboxylic acids is 1. The van der Waals surface area contributed by atoms with Gasteiger partial charge in [-0.05, 0) is 37.0 Å². The number of nitrogens with zero attached hydrogens (tertiary/aromatic N) is 3. The predicted octanol–water partition coefficient (Wildman–Crippen LogP) is 1.90. The number of carboxylic acid groups (broad SMARTS) is 1. The molecule has 0 bridgehead atoms. The number of hydrogen-bond acceptors (Lipinski definition) is 5. The molecule has 1 amide bonds. The lowest BCUT2D eigenvalue weighted by molar-refractivity contribution is -0.139. The minimum Gasteiger partial charge on any atom is -0.480 e. The maximum absolute atomic E-state index is 12.4. The molecule has 0 aliphatic carbocycles. The van der Waals surface area contributed by atoms with E-state index in [1.165, 1.54) is 6.20 Å². The quantitative estimate of drug-likeness (QED) is 0.707. The fraction of sp³-hybridized carbons (Fsp3) is 0.375. The van der Waals surface area contributed by atoms with Gasteiger partial charge in [-0.1, -0.05) is 13.0 Å². The summed E-state index contributed by atoms with van der Waals surface area (Å²) in [4.78, 5) is 27.9. The molecule has 8 heteroatoms. The zero-order chi connectivity index (χ0) is 17.5. The van der Waals surface area contributed by atoms with Crippen LogP contribution in [-0.4, -0.2) is 49.3 Å². The number of carbonyl (C=O) groups excluding carboxylic acids is 1. The molecule has 2 rings (SSSR count). The fourth-order valence-corrected chi connectivity index (χ4v) is 2.87. The van der Waals surface area contributed by atoms with Crippen molar-refractivity contribution >= 4 is 23.6 Å². The van der Waals surface area contributed by atoms with Crippen molar-refractivity contribution in [3.8, 4) is 5.82 Å². The Balaban J connectivity index is 2.12. The van der Waals surface area contributed by atoms with Crippen molar-refractivity contribution in [1.29, 1.82) is 0 Å². The van der Waals surface area contributed by atoms with E-state index in [-0.39, 0.29) is 0 Å². The topological polar surface area (TPSA) is 97.1 Å². The Morgan fingerprint density at radius 1 is 1.42 bits per heavy atom. The summed E-state index contributed by atoms with van der Waals surface area (Å²) in [6.07, 6.45) is 3.45. The highest BCUT2D eigenvalue weighted by molar-refractivity contribution is 7.99. The highest BCUT2D eigenvalue weighted by Crippen LogP contribution is 2.13.